The van der Waals surface area contributed by atoms with Crippen LogP contribution in [0.1, 0.15) is 28.8 Å². The number of fused-ring (bicyclic) bond motifs is 1. The molecular formula is C22H18ClN3O5. The molecule has 1 aliphatic heterocycles. The molecule has 0 unspecified atom stereocenters. The summed E-state index contributed by atoms with van der Waals surface area (Å²) in [5.41, 5.74) is 0.270. The molecule has 0 radical (unpaired) electrons. The van der Waals surface area contributed by atoms with Crippen LogP contribution in [0.15, 0.2) is 60.7 Å². The van der Waals surface area contributed by atoms with Crippen molar-refractivity contribution in [3.8, 4) is 0 Å². The van der Waals surface area contributed by atoms with Crippen molar-refractivity contribution in [3.05, 3.63) is 86.9 Å². The fraction of sp³-hybridized carbons (Fsp3) is 0.227. The van der Waals surface area contributed by atoms with Gasteiger partial charge in [-0.15, -0.1) is 0 Å². The summed E-state index contributed by atoms with van der Waals surface area (Å²) in [7, 11) is 0. The number of hydrogen-bond acceptors (Lipinski definition) is 5. The second kappa shape index (κ2) is 8.31. The quantitative estimate of drug-likeness (QED) is 0.305. The minimum Gasteiger partial charge on any atom is -0.272 e. The Morgan fingerprint density at radius 3 is 2.32 bits per heavy atom. The standard InChI is InChI=1S/C22H18ClN3O5/c23-19-11-4-1-6-15(19)13-24(20(27)14-7-5-8-16(12-14)26(30)31)25-21(28)17-9-2-3-10-18(17)22(25)29/h1-8,11-12,17-18H,9-10,13H2/t17-,18-/m1/s1. The second-order valence-corrected chi connectivity index (χ2v) is 7.81. The van der Waals surface area contributed by atoms with Crippen LogP contribution in [0.4, 0.5) is 5.69 Å². The van der Waals surface area contributed by atoms with Gasteiger partial charge < -0.3 is 0 Å². The van der Waals surface area contributed by atoms with Crippen LogP contribution < -0.4 is 0 Å². The first-order valence-electron chi connectivity index (χ1n) is 9.71. The van der Waals surface area contributed by atoms with Crippen LogP contribution >= 0.6 is 11.6 Å². The van der Waals surface area contributed by atoms with Crippen LogP contribution in [0, 0.1) is 22.0 Å². The number of carbonyl (C=O) groups is 3. The van der Waals surface area contributed by atoms with E-state index in [4.69, 9.17) is 11.6 Å². The van der Waals surface area contributed by atoms with Gasteiger partial charge in [-0.25, -0.2) is 5.01 Å². The fourth-order valence-electron chi connectivity index (χ4n) is 3.94. The van der Waals surface area contributed by atoms with Crippen molar-refractivity contribution in [1.82, 2.24) is 10.0 Å². The molecule has 4 rings (SSSR count). The molecule has 0 spiro atoms. The van der Waals surface area contributed by atoms with Crippen molar-refractivity contribution < 1.29 is 19.3 Å². The Morgan fingerprint density at radius 1 is 1.06 bits per heavy atom. The summed E-state index contributed by atoms with van der Waals surface area (Å²) < 4.78 is 0. The highest BCUT2D eigenvalue weighted by molar-refractivity contribution is 6.31. The maximum absolute atomic E-state index is 13.4. The summed E-state index contributed by atoms with van der Waals surface area (Å²) in [4.78, 5) is 50.2. The molecule has 1 heterocycles. The Labute approximate surface area is 182 Å². The highest BCUT2D eigenvalue weighted by atomic mass is 35.5. The number of benzene rings is 2. The molecule has 0 N–H and O–H groups in total. The molecule has 1 aliphatic carbocycles. The number of non-ortho nitro benzene ring substituents is 1. The molecule has 8 nitrogen and oxygen atoms in total. The minimum atomic E-state index is -0.697. The maximum atomic E-state index is 13.4. The number of carbonyl (C=O) groups excluding carboxylic acids is 3. The van der Waals surface area contributed by atoms with Crippen molar-refractivity contribution in [1.29, 1.82) is 0 Å². The van der Waals surface area contributed by atoms with E-state index in [-0.39, 0.29) is 17.8 Å². The molecule has 1 saturated heterocycles. The van der Waals surface area contributed by atoms with Gasteiger partial charge in [0.2, 0.25) is 0 Å². The predicted molar refractivity (Wildman–Crippen MR) is 112 cm³/mol. The van der Waals surface area contributed by atoms with Crippen molar-refractivity contribution in [3.63, 3.8) is 0 Å². The predicted octanol–water partition coefficient (Wildman–Crippen LogP) is 3.76. The number of rotatable bonds is 5. The number of amides is 3. The summed E-state index contributed by atoms with van der Waals surface area (Å²) >= 11 is 6.26. The topological polar surface area (TPSA) is 101 Å². The summed E-state index contributed by atoms with van der Waals surface area (Å²) in [6.45, 7) is -0.133. The van der Waals surface area contributed by atoms with Gasteiger partial charge in [0, 0.05) is 22.7 Å². The first-order chi connectivity index (χ1) is 14.9. The lowest BCUT2D eigenvalue weighted by atomic mass is 9.85. The van der Waals surface area contributed by atoms with Gasteiger partial charge >= 0.3 is 0 Å². The van der Waals surface area contributed by atoms with E-state index in [9.17, 15) is 24.5 Å². The molecule has 1 fully saturated rings. The lowest BCUT2D eigenvalue weighted by molar-refractivity contribution is -0.384. The second-order valence-electron chi connectivity index (χ2n) is 7.41. The first kappa shape index (κ1) is 20.7. The largest absolute Gasteiger partial charge is 0.273 e. The third-order valence-corrected chi connectivity index (χ3v) is 5.91. The Hall–Kier alpha value is -3.52. The molecule has 9 heteroatoms. The molecule has 3 amide bonds. The van der Waals surface area contributed by atoms with E-state index < -0.39 is 34.5 Å². The van der Waals surface area contributed by atoms with Gasteiger partial charge in [0.15, 0.2) is 0 Å². The van der Waals surface area contributed by atoms with Crippen molar-refractivity contribution in [2.75, 3.05) is 0 Å². The number of nitro groups is 1. The number of imide groups is 1. The Bertz CT molecular complexity index is 1090. The molecule has 2 aromatic rings. The molecule has 0 saturated carbocycles. The first-order valence-corrected chi connectivity index (χ1v) is 10.1. The van der Waals surface area contributed by atoms with Crippen LogP contribution in [-0.4, -0.2) is 32.7 Å². The average Bonchev–Trinajstić information content (AvgIpc) is 3.03. The van der Waals surface area contributed by atoms with Gasteiger partial charge in [-0.05, 0) is 30.5 Å². The van der Waals surface area contributed by atoms with E-state index in [0.29, 0.717) is 23.4 Å². The lowest BCUT2D eigenvalue weighted by Gasteiger charge is -2.31. The zero-order chi connectivity index (χ0) is 22.1. The number of hydrogen-bond donors (Lipinski definition) is 0. The minimum absolute atomic E-state index is 0.00477. The number of allylic oxidation sites excluding steroid dienone is 2. The molecule has 0 bridgehead atoms. The third kappa shape index (κ3) is 3.82. The number of nitrogens with zero attached hydrogens (tertiary/aromatic N) is 3. The molecule has 2 aromatic carbocycles. The lowest BCUT2D eigenvalue weighted by Crippen LogP contribution is -2.49. The normalized spacial score (nSPS) is 20.0. The van der Waals surface area contributed by atoms with Crippen LogP contribution in [0.25, 0.3) is 0 Å². The third-order valence-electron chi connectivity index (χ3n) is 5.54. The van der Waals surface area contributed by atoms with Gasteiger partial charge in [0.05, 0.1) is 23.3 Å². The summed E-state index contributed by atoms with van der Waals surface area (Å²) in [6.07, 6.45) is 4.57. The molecule has 158 valence electrons. The van der Waals surface area contributed by atoms with Crippen LogP contribution in [0.5, 0.6) is 0 Å². The van der Waals surface area contributed by atoms with E-state index in [1.807, 2.05) is 12.2 Å². The van der Waals surface area contributed by atoms with Crippen LogP contribution in [0.3, 0.4) is 0 Å². The van der Waals surface area contributed by atoms with E-state index in [0.717, 1.165) is 16.1 Å². The monoisotopic (exact) mass is 439 g/mol. The van der Waals surface area contributed by atoms with Crippen LogP contribution in [-0.2, 0) is 16.1 Å². The van der Waals surface area contributed by atoms with Crippen LogP contribution in [0.2, 0.25) is 5.02 Å². The van der Waals surface area contributed by atoms with Gasteiger partial charge in [-0.2, -0.15) is 5.01 Å². The number of nitro benzene ring substituents is 1. The highest BCUT2D eigenvalue weighted by Gasteiger charge is 2.50. The average molecular weight is 440 g/mol. The van der Waals surface area contributed by atoms with Crippen molar-refractivity contribution in [2.45, 2.75) is 19.4 Å². The van der Waals surface area contributed by atoms with Gasteiger partial charge in [0.25, 0.3) is 23.4 Å². The van der Waals surface area contributed by atoms with E-state index >= 15 is 0 Å². The molecule has 31 heavy (non-hydrogen) atoms. The number of halogens is 1. The highest BCUT2D eigenvalue weighted by Crippen LogP contribution is 2.37. The maximum Gasteiger partial charge on any atom is 0.273 e. The summed E-state index contributed by atoms with van der Waals surface area (Å²) in [5.74, 6) is -2.65. The Kier molecular flexibility index (Phi) is 5.56. The zero-order valence-electron chi connectivity index (χ0n) is 16.3. The van der Waals surface area contributed by atoms with E-state index in [1.165, 1.54) is 18.2 Å². The van der Waals surface area contributed by atoms with E-state index in [2.05, 4.69) is 0 Å². The molecular weight excluding hydrogens is 422 g/mol. The Morgan fingerprint density at radius 2 is 1.71 bits per heavy atom. The van der Waals surface area contributed by atoms with Crippen molar-refractivity contribution in [2.24, 2.45) is 11.8 Å². The molecule has 2 aliphatic rings. The smallest absolute Gasteiger partial charge is 0.272 e. The van der Waals surface area contributed by atoms with Gasteiger partial charge in [-0.3, -0.25) is 24.5 Å². The van der Waals surface area contributed by atoms with E-state index in [1.54, 1.807) is 24.3 Å². The fourth-order valence-corrected chi connectivity index (χ4v) is 4.14. The number of hydrazine groups is 1. The van der Waals surface area contributed by atoms with Gasteiger partial charge in [0.1, 0.15) is 0 Å². The summed E-state index contributed by atoms with van der Waals surface area (Å²) in [6, 6.07) is 12.0. The van der Waals surface area contributed by atoms with Gasteiger partial charge in [-0.1, -0.05) is 48.0 Å². The SMILES string of the molecule is O=C(c1cccc([N+](=O)[O-])c1)N(Cc1ccccc1Cl)N1C(=O)[C@@H]2CC=CC[C@H]2C1=O. The Balaban J connectivity index is 1.75. The zero-order valence-corrected chi connectivity index (χ0v) is 17.1. The van der Waals surface area contributed by atoms with Crippen molar-refractivity contribution >= 4 is 35.0 Å². The molecule has 2 atom stereocenters. The summed E-state index contributed by atoms with van der Waals surface area (Å²) in [5, 5.41) is 13.5. The molecule has 0 aromatic heterocycles.